The molecule has 1 aliphatic rings. The monoisotopic (exact) mass is 753 g/mol. The maximum Gasteiger partial charge on any atom is 0.232 e. The first-order valence-electron chi connectivity index (χ1n) is 13.6. The minimum atomic E-state index is 0. The van der Waals surface area contributed by atoms with Crippen molar-refractivity contribution in [3.63, 3.8) is 0 Å². The van der Waals surface area contributed by atoms with Gasteiger partial charge in [0.25, 0.3) is 0 Å². The van der Waals surface area contributed by atoms with Gasteiger partial charge in [-0.1, -0.05) is 30.3 Å². The Bertz CT molecular complexity index is 2040. The topological polar surface area (TPSA) is 91.4 Å². The van der Waals surface area contributed by atoms with Crippen molar-refractivity contribution in [1.82, 2.24) is 19.9 Å². The van der Waals surface area contributed by atoms with Crippen LogP contribution < -0.4 is 9.80 Å². The summed E-state index contributed by atoms with van der Waals surface area (Å²) in [4.78, 5) is 21.3. The smallest absolute Gasteiger partial charge is 0.232 e. The van der Waals surface area contributed by atoms with E-state index in [0.29, 0.717) is 5.69 Å². The van der Waals surface area contributed by atoms with E-state index in [4.69, 9.17) is 9.40 Å². The number of fused-ring (bicyclic) bond motifs is 3. The minimum Gasteiger partial charge on any atom is -0.500 e. The summed E-state index contributed by atoms with van der Waals surface area (Å²) >= 11 is 0. The molecule has 0 bridgehead atoms. The van der Waals surface area contributed by atoms with Gasteiger partial charge < -0.3 is 19.3 Å². The number of anilines is 2. The van der Waals surface area contributed by atoms with E-state index in [9.17, 15) is 5.11 Å². The first-order valence-corrected chi connectivity index (χ1v) is 13.6. The third-order valence-corrected chi connectivity index (χ3v) is 6.85. The Morgan fingerprint density at radius 3 is 2.16 bits per heavy atom. The van der Waals surface area contributed by atoms with Gasteiger partial charge in [0.1, 0.15) is 11.3 Å². The number of para-hydroxylation sites is 2. The van der Waals surface area contributed by atoms with Crippen LogP contribution >= 0.6 is 0 Å². The molecule has 0 fully saturated rings. The average Bonchev–Trinajstić information content (AvgIpc) is 3.72. The number of benzene rings is 2. The van der Waals surface area contributed by atoms with Gasteiger partial charge in [-0.25, -0.2) is 9.97 Å². The van der Waals surface area contributed by atoms with E-state index in [1.807, 2.05) is 114 Å². The number of hydrogen-bond donors (Lipinski definition) is 1. The Hall–Kier alpha value is -5.37. The second kappa shape index (κ2) is 12.9. The van der Waals surface area contributed by atoms with Crippen LogP contribution in [-0.4, -0.2) is 25.0 Å². The van der Waals surface area contributed by atoms with Crippen molar-refractivity contribution in [3.8, 4) is 28.7 Å². The van der Waals surface area contributed by atoms with Crippen LogP contribution in [0.4, 0.5) is 11.4 Å². The van der Waals surface area contributed by atoms with E-state index in [-0.39, 0.29) is 26.0 Å². The van der Waals surface area contributed by atoms with Crippen LogP contribution in [-0.2, 0) is 20.1 Å². The van der Waals surface area contributed by atoms with Crippen molar-refractivity contribution in [2.45, 2.75) is 0 Å². The van der Waals surface area contributed by atoms with Gasteiger partial charge in [-0.15, -0.1) is 12.4 Å². The first kappa shape index (κ1) is 28.7. The SMILES string of the molecule is Oc1ncccc1N1C=CN(c2[c-]cccc2)[CH-]1.[Ir].c1ccc(-c2cc3c(oc4ccccc43)c(-c3ccccn3)n2)nc1. The van der Waals surface area contributed by atoms with Gasteiger partial charge in [0.05, 0.1) is 22.8 Å². The largest absolute Gasteiger partial charge is 0.500 e. The number of hydrogen-bond acceptors (Lipinski definition) is 8. The zero-order chi connectivity index (χ0) is 29.0. The van der Waals surface area contributed by atoms with E-state index >= 15 is 0 Å². The van der Waals surface area contributed by atoms with Crippen molar-refractivity contribution in [2.24, 2.45) is 0 Å². The van der Waals surface area contributed by atoms with Gasteiger partial charge in [0.15, 0.2) is 5.58 Å². The number of aromatic hydroxyl groups is 1. The van der Waals surface area contributed by atoms with Crippen molar-refractivity contribution < 1.29 is 29.6 Å². The normalized spacial score (nSPS) is 12.2. The molecule has 1 N–H and O–H groups in total. The Labute approximate surface area is 267 Å². The second-order valence-corrected chi connectivity index (χ2v) is 9.58. The molecule has 7 aromatic rings. The van der Waals surface area contributed by atoms with E-state index in [2.05, 4.69) is 27.1 Å². The molecule has 217 valence electrons. The van der Waals surface area contributed by atoms with Gasteiger partial charge in [-0.05, 0) is 60.9 Å². The zero-order valence-corrected chi connectivity index (χ0v) is 25.5. The number of aromatic nitrogens is 4. The molecule has 9 heteroatoms. The molecule has 0 unspecified atom stereocenters. The van der Waals surface area contributed by atoms with Crippen molar-refractivity contribution in [2.75, 3.05) is 9.80 Å². The molecule has 0 saturated carbocycles. The third-order valence-electron chi connectivity index (χ3n) is 6.85. The molecular weight excluding hydrogens is 729 g/mol. The predicted molar refractivity (Wildman–Crippen MR) is 168 cm³/mol. The van der Waals surface area contributed by atoms with Crippen LogP contribution in [0.5, 0.6) is 5.88 Å². The maximum atomic E-state index is 9.69. The molecule has 0 atom stereocenters. The first-order chi connectivity index (χ1) is 21.2. The van der Waals surface area contributed by atoms with Gasteiger partial charge in [0, 0.05) is 49.5 Å². The summed E-state index contributed by atoms with van der Waals surface area (Å²) in [6.45, 7) is 1.86. The molecule has 1 radical (unpaired) electrons. The average molecular weight is 753 g/mol. The number of nitrogens with zero attached hydrogens (tertiary/aromatic N) is 6. The third kappa shape index (κ3) is 5.79. The van der Waals surface area contributed by atoms with Crippen molar-refractivity contribution in [3.05, 3.63) is 147 Å². The Kier molecular flexibility index (Phi) is 8.41. The van der Waals surface area contributed by atoms with E-state index in [1.165, 1.54) is 0 Å². The summed E-state index contributed by atoms with van der Waals surface area (Å²) in [5.41, 5.74) is 6.33. The van der Waals surface area contributed by atoms with Gasteiger partial charge >= 0.3 is 0 Å². The fourth-order valence-corrected chi connectivity index (χ4v) is 4.82. The summed E-state index contributed by atoms with van der Waals surface area (Å²) < 4.78 is 6.11. The van der Waals surface area contributed by atoms with Crippen LogP contribution in [0.25, 0.3) is 44.7 Å². The standard InChI is InChI=1S/C21H13N3O.C14H11N3O.Ir/c1-2-10-19-14(7-1)15-13-18(16-8-3-5-11-22-16)24-20(21(15)25-19)17-9-4-6-12-23-17;18-14-13(7-4-8-15-14)17-10-9-16(11-17)12-5-2-1-3-6-12;/h1-13H;1-5,7-11H,(H,15,18);/q;-2;. The zero-order valence-electron chi connectivity index (χ0n) is 23.2. The molecule has 0 amide bonds. The van der Waals surface area contributed by atoms with E-state index < -0.39 is 0 Å². The van der Waals surface area contributed by atoms with Gasteiger partial charge in [0.2, 0.25) is 5.88 Å². The molecule has 0 spiro atoms. The molecule has 44 heavy (non-hydrogen) atoms. The maximum absolute atomic E-state index is 9.69. The van der Waals surface area contributed by atoms with Crippen molar-refractivity contribution in [1.29, 1.82) is 0 Å². The molecule has 2 aromatic carbocycles. The molecule has 1 aliphatic heterocycles. The van der Waals surface area contributed by atoms with E-state index in [0.717, 1.165) is 50.4 Å². The van der Waals surface area contributed by atoms with Crippen LogP contribution in [0.15, 0.2) is 139 Å². The number of furan rings is 1. The van der Waals surface area contributed by atoms with Gasteiger partial charge in [-0.2, -0.15) is 30.3 Å². The predicted octanol–water partition coefficient (Wildman–Crippen LogP) is 7.61. The summed E-state index contributed by atoms with van der Waals surface area (Å²) in [7, 11) is 0. The fraction of sp³-hybridized carbons (Fsp3) is 0. The minimum absolute atomic E-state index is 0. The summed E-state index contributed by atoms with van der Waals surface area (Å²) in [5.74, 6) is 0.0114. The van der Waals surface area contributed by atoms with Crippen molar-refractivity contribution >= 4 is 33.3 Å². The Morgan fingerprint density at radius 1 is 0.682 bits per heavy atom. The van der Waals surface area contributed by atoms with Crippen LogP contribution in [0.1, 0.15) is 0 Å². The summed E-state index contributed by atoms with van der Waals surface area (Å²) in [6, 6.07) is 36.1. The van der Waals surface area contributed by atoms with E-state index in [1.54, 1.807) is 30.7 Å². The van der Waals surface area contributed by atoms with Gasteiger partial charge in [-0.3, -0.25) is 9.97 Å². The number of rotatable bonds is 4. The molecule has 5 aromatic heterocycles. The quantitative estimate of drug-likeness (QED) is 0.184. The van der Waals surface area contributed by atoms with Crippen LogP contribution in [0.2, 0.25) is 0 Å². The Balaban J connectivity index is 0.000000161. The summed E-state index contributed by atoms with van der Waals surface area (Å²) in [5, 5.41) is 11.8. The second-order valence-electron chi connectivity index (χ2n) is 9.58. The molecule has 8 nitrogen and oxygen atoms in total. The molecule has 8 rings (SSSR count). The molecular formula is C35H24IrN6O2-2. The molecule has 0 aliphatic carbocycles. The Morgan fingerprint density at radius 2 is 1.41 bits per heavy atom. The molecule has 0 saturated heterocycles. The number of pyridine rings is 4. The fourth-order valence-electron chi connectivity index (χ4n) is 4.82. The summed E-state index contributed by atoms with van der Waals surface area (Å²) in [6.07, 6.45) is 8.85. The van der Waals surface area contributed by atoms with Crippen LogP contribution in [0.3, 0.4) is 0 Å². The molecule has 6 heterocycles. The van der Waals surface area contributed by atoms with Crippen LogP contribution in [0, 0.1) is 12.7 Å².